The van der Waals surface area contributed by atoms with Crippen molar-refractivity contribution in [2.45, 2.75) is 20.3 Å². The Kier molecular flexibility index (Phi) is 7.07. The van der Waals surface area contributed by atoms with E-state index in [2.05, 4.69) is 10.3 Å². The molecule has 0 aliphatic heterocycles. The summed E-state index contributed by atoms with van der Waals surface area (Å²) in [5, 5.41) is 2.87. The van der Waals surface area contributed by atoms with E-state index in [0.29, 0.717) is 32.0 Å². The monoisotopic (exact) mass is 250 g/mol. The summed E-state index contributed by atoms with van der Waals surface area (Å²) < 4.78 is 23.9. The first-order valence-electron chi connectivity index (χ1n) is 5.40. The molecule has 7 heteroatoms. The van der Waals surface area contributed by atoms with E-state index in [1.165, 1.54) is 10.6 Å². The van der Waals surface area contributed by atoms with Crippen LogP contribution in [0, 0.1) is 0 Å². The normalized spacial score (nSPS) is 13.1. The van der Waals surface area contributed by atoms with Crippen molar-refractivity contribution in [1.29, 1.82) is 0 Å². The number of hydrogen-bond donors (Lipinski definition) is 2. The van der Waals surface area contributed by atoms with Gasteiger partial charge in [-0.25, -0.2) is 12.7 Å². The average Bonchev–Trinajstić information content (AvgIpc) is 2.16. The molecule has 0 unspecified atom stereocenters. The number of nitrogens with one attached hydrogen (secondary N) is 1. The second kappa shape index (κ2) is 7.45. The van der Waals surface area contributed by atoms with E-state index >= 15 is 0 Å². The lowest BCUT2D eigenvalue weighted by atomic mass is 10.4. The highest BCUT2D eigenvalue weighted by Crippen LogP contribution is 1.98. The molecule has 0 rings (SSSR count). The van der Waals surface area contributed by atoms with Gasteiger partial charge in [0.1, 0.15) is 0 Å². The van der Waals surface area contributed by atoms with Crippen LogP contribution in [0.5, 0.6) is 0 Å². The summed E-state index contributed by atoms with van der Waals surface area (Å²) in [6, 6.07) is 0. The Bertz CT molecular complexity index is 313. The van der Waals surface area contributed by atoms with E-state index in [1.54, 1.807) is 0 Å². The molecule has 0 fully saturated rings. The minimum absolute atomic E-state index is 0.407. The maximum Gasteiger partial charge on any atom is 0.211 e. The van der Waals surface area contributed by atoms with Crippen LogP contribution in [0.2, 0.25) is 0 Å². The molecule has 0 radical (unpaired) electrons. The second-order valence-electron chi connectivity index (χ2n) is 3.41. The third kappa shape index (κ3) is 6.62. The molecular weight excluding hydrogens is 228 g/mol. The standard InChI is InChI=1S/C9H22N4O2S/c1-4-11-9(10)12-7-6-8-13(5-2)16(3,14)15/h4-8H2,1-3H3,(H3,10,11,12). The zero-order chi connectivity index (χ0) is 12.6. The van der Waals surface area contributed by atoms with E-state index < -0.39 is 10.0 Å². The fraction of sp³-hybridized carbons (Fsp3) is 0.889. The van der Waals surface area contributed by atoms with Crippen LogP contribution in [0.25, 0.3) is 0 Å². The quantitative estimate of drug-likeness (QED) is 0.365. The molecule has 0 amide bonds. The van der Waals surface area contributed by atoms with Crippen molar-refractivity contribution in [3.8, 4) is 0 Å². The van der Waals surface area contributed by atoms with Crippen LogP contribution in [0.15, 0.2) is 4.99 Å². The highest BCUT2D eigenvalue weighted by Gasteiger charge is 2.12. The van der Waals surface area contributed by atoms with Gasteiger partial charge in [-0.1, -0.05) is 6.92 Å². The molecule has 0 aromatic carbocycles. The molecule has 0 aliphatic carbocycles. The van der Waals surface area contributed by atoms with Crippen LogP contribution in [0.4, 0.5) is 0 Å². The van der Waals surface area contributed by atoms with Crippen molar-refractivity contribution >= 4 is 16.0 Å². The van der Waals surface area contributed by atoms with Gasteiger partial charge in [-0.2, -0.15) is 0 Å². The fourth-order valence-electron chi connectivity index (χ4n) is 1.24. The zero-order valence-electron chi connectivity index (χ0n) is 10.2. The van der Waals surface area contributed by atoms with Gasteiger partial charge >= 0.3 is 0 Å². The summed E-state index contributed by atoms with van der Waals surface area (Å²) in [5.41, 5.74) is 5.53. The van der Waals surface area contributed by atoms with Crippen LogP contribution in [0.1, 0.15) is 20.3 Å². The number of nitrogens with two attached hydrogens (primary N) is 1. The molecule has 0 aliphatic rings. The van der Waals surface area contributed by atoms with E-state index in [9.17, 15) is 8.42 Å². The molecule has 0 saturated carbocycles. The lowest BCUT2D eigenvalue weighted by Gasteiger charge is -2.16. The topological polar surface area (TPSA) is 87.8 Å². The number of aliphatic imine (C=N–C) groups is 1. The molecule has 0 heterocycles. The van der Waals surface area contributed by atoms with Gasteiger partial charge in [0, 0.05) is 26.2 Å². The summed E-state index contributed by atoms with van der Waals surface area (Å²) in [5.74, 6) is 0.407. The van der Waals surface area contributed by atoms with Crippen molar-refractivity contribution in [1.82, 2.24) is 9.62 Å². The Morgan fingerprint density at radius 2 is 2.06 bits per heavy atom. The van der Waals surface area contributed by atoms with E-state index in [4.69, 9.17) is 5.73 Å². The minimum atomic E-state index is -3.09. The molecular formula is C9H22N4O2S. The van der Waals surface area contributed by atoms with Gasteiger partial charge in [0.25, 0.3) is 0 Å². The van der Waals surface area contributed by atoms with Crippen molar-refractivity contribution < 1.29 is 8.42 Å². The number of rotatable bonds is 7. The van der Waals surface area contributed by atoms with E-state index in [0.717, 1.165) is 6.54 Å². The summed E-state index contributed by atoms with van der Waals surface area (Å²) in [4.78, 5) is 4.06. The Morgan fingerprint density at radius 1 is 1.44 bits per heavy atom. The highest BCUT2D eigenvalue weighted by atomic mass is 32.2. The molecule has 0 bridgehead atoms. The predicted octanol–water partition coefficient (Wildman–Crippen LogP) is -0.418. The van der Waals surface area contributed by atoms with Crippen LogP contribution < -0.4 is 11.1 Å². The van der Waals surface area contributed by atoms with Crippen molar-refractivity contribution in [3.05, 3.63) is 0 Å². The molecule has 6 nitrogen and oxygen atoms in total. The van der Waals surface area contributed by atoms with Crippen molar-refractivity contribution in [3.63, 3.8) is 0 Å². The average molecular weight is 250 g/mol. The first-order chi connectivity index (χ1) is 7.41. The third-order valence-electron chi connectivity index (χ3n) is 2.03. The number of nitrogens with zero attached hydrogens (tertiary/aromatic N) is 2. The first-order valence-corrected chi connectivity index (χ1v) is 7.25. The molecule has 0 aromatic heterocycles. The van der Waals surface area contributed by atoms with Gasteiger partial charge in [0.05, 0.1) is 6.26 Å². The SMILES string of the molecule is CCNC(N)=NCCCN(CC)S(C)(=O)=O. The highest BCUT2D eigenvalue weighted by molar-refractivity contribution is 7.88. The molecule has 16 heavy (non-hydrogen) atoms. The maximum absolute atomic E-state index is 11.2. The summed E-state index contributed by atoms with van der Waals surface area (Å²) >= 11 is 0. The van der Waals surface area contributed by atoms with Gasteiger partial charge in [0.2, 0.25) is 10.0 Å². The molecule has 0 saturated heterocycles. The molecule has 96 valence electrons. The minimum Gasteiger partial charge on any atom is -0.370 e. The predicted molar refractivity (Wildman–Crippen MR) is 66.9 cm³/mol. The Labute approximate surface area is 98.0 Å². The van der Waals surface area contributed by atoms with Crippen molar-refractivity contribution in [2.75, 3.05) is 32.4 Å². The van der Waals surface area contributed by atoms with Crippen molar-refractivity contribution in [2.24, 2.45) is 10.7 Å². The molecule has 0 spiro atoms. The lowest BCUT2D eigenvalue weighted by Crippen LogP contribution is -2.32. The van der Waals surface area contributed by atoms with Gasteiger partial charge in [-0.15, -0.1) is 0 Å². The molecule has 0 aromatic rings. The molecule has 3 N–H and O–H groups in total. The fourth-order valence-corrected chi connectivity index (χ4v) is 2.17. The van der Waals surface area contributed by atoms with Crippen LogP contribution in [-0.4, -0.2) is 51.1 Å². The third-order valence-corrected chi connectivity index (χ3v) is 3.41. The van der Waals surface area contributed by atoms with Gasteiger partial charge < -0.3 is 11.1 Å². The van der Waals surface area contributed by atoms with E-state index in [1.807, 2.05) is 13.8 Å². The maximum atomic E-state index is 11.2. The van der Waals surface area contributed by atoms with Crippen LogP contribution >= 0.6 is 0 Å². The summed E-state index contributed by atoms with van der Waals surface area (Å²) in [6.07, 6.45) is 1.89. The summed E-state index contributed by atoms with van der Waals surface area (Å²) in [6.45, 7) is 6.00. The van der Waals surface area contributed by atoms with Gasteiger partial charge in [-0.05, 0) is 13.3 Å². The van der Waals surface area contributed by atoms with Gasteiger partial charge in [0.15, 0.2) is 5.96 Å². The zero-order valence-corrected chi connectivity index (χ0v) is 11.0. The number of hydrogen-bond acceptors (Lipinski definition) is 3. The first kappa shape index (κ1) is 15.2. The lowest BCUT2D eigenvalue weighted by molar-refractivity contribution is 0.427. The van der Waals surface area contributed by atoms with E-state index in [-0.39, 0.29) is 0 Å². The largest absolute Gasteiger partial charge is 0.370 e. The molecule has 0 atom stereocenters. The number of sulfonamides is 1. The van der Waals surface area contributed by atoms with Gasteiger partial charge in [-0.3, -0.25) is 4.99 Å². The van der Waals surface area contributed by atoms with Crippen LogP contribution in [-0.2, 0) is 10.0 Å². The smallest absolute Gasteiger partial charge is 0.211 e. The Hall–Kier alpha value is -0.820. The second-order valence-corrected chi connectivity index (χ2v) is 5.39. The summed E-state index contributed by atoms with van der Waals surface area (Å²) in [7, 11) is -3.09. The Morgan fingerprint density at radius 3 is 2.50 bits per heavy atom. The number of guanidine groups is 1. The Balaban J connectivity index is 3.93. The van der Waals surface area contributed by atoms with Crippen LogP contribution in [0.3, 0.4) is 0 Å².